The summed E-state index contributed by atoms with van der Waals surface area (Å²) in [6.45, 7) is 1.62. The highest BCUT2D eigenvalue weighted by Gasteiger charge is 2.18. The summed E-state index contributed by atoms with van der Waals surface area (Å²) in [4.78, 5) is 22.9. The number of amides is 1. The van der Waals surface area contributed by atoms with Crippen LogP contribution in [0.15, 0.2) is 48.5 Å². The summed E-state index contributed by atoms with van der Waals surface area (Å²) in [6.07, 6.45) is 1.04. The molecule has 0 aliphatic rings. The van der Waals surface area contributed by atoms with Crippen molar-refractivity contribution in [1.29, 1.82) is 0 Å². The average molecular weight is 416 g/mol. The maximum atomic E-state index is 12.5. The standard InChI is InChI=1S/C17H16N6O5S/c1-11-16(19-21-22(11)14-4-3-5-15(10-14)23(25)26)17(24)18-12-6-8-13(9-7-12)20-29(2,27)28/h3-10,20H,1-2H3,(H,18,24). The first-order valence-corrected chi connectivity index (χ1v) is 10.1. The van der Waals surface area contributed by atoms with Crippen molar-refractivity contribution in [2.45, 2.75) is 6.92 Å². The molecule has 0 bridgehead atoms. The molecule has 0 aliphatic carbocycles. The van der Waals surface area contributed by atoms with E-state index in [9.17, 15) is 23.3 Å². The molecule has 0 fully saturated rings. The number of carbonyl (C=O) groups excluding carboxylic acids is 1. The zero-order valence-corrected chi connectivity index (χ0v) is 16.2. The van der Waals surface area contributed by atoms with Gasteiger partial charge in [0, 0.05) is 23.5 Å². The van der Waals surface area contributed by atoms with Gasteiger partial charge in [0.1, 0.15) is 0 Å². The Morgan fingerprint density at radius 3 is 2.41 bits per heavy atom. The van der Waals surface area contributed by atoms with Crippen molar-refractivity contribution in [2.24, 2.45) is 0 Å². The SMILES string of the molecule is Cc1c(C(=O)Nc2ccc(NS(C)(=O)=O)cc2)nnn1-c1cccc([N+](=O)[O-])c1. The molecule has 1 amide bonds. The lowest BCUT2D eigenvalue weighted by molar-refractivity contribution is -0.384. The van der Waals surface area contributed by atoms with Crippen molar-refractivity contribution >= 4 is 33.0 Å². The van der Waals surface area contributed by atoms with E-state index in [1.54, 1.807) is 13.0 Å². The molecule has 0 radical (unpaired) electrons. The zero-order valence-electron chi connectivity index (χ0n) is 15.4. The van der Waals surface area contributed by atoms with Gasteiger partial charge in [0.2, 0.25) is 10.0 Å². The third-order valence-corrected chi connectivity index (χ3v) is 4.45. The molecule has 1 aromatic heterocycles. The van der Waals surface area contributed by atoms with Crippen LogP contribution in [0.1, 0.15) is 16.2 Å². The number of non-ortho nitro benzene ring substituents is 1. The summed E-state index contributed by atoms with van der Waals surface area (Å²) in [6, 6.07) is 11.9. The first-order chi connectivity index (χ1) is 13.6. The molecule has 0 aliphatic heterocycles. The second kappa shape index (κ2) is 7.67. The first kappa shape index (κ1) is 19.9. The van der Waals surface area contributed by atoms with E-state index < -0.39 is 20.9 Å². The number of aromatic nitrogens is 3. The van der Waals surface area contributed by atoms with E-state index in [1.807, 2.05) is 0 Å². The minimum Gasteiger partial charge on any atom is -0.321 e. The van der Waals surface area contributed by atoms with Crippen molar-refractivity contribution in [3.8, 4) is 5.69 Å². The fourth-order valence-corrected chi connectivity index (χ4v) is 3.11. The van der Waals surface area contributed by atoms with Crippen LogP contribution in [0.3, 0.4) is 0 Å². The second-order valence-electron chi connectivity index (χ2n) is 6.12. The minimum atomic E-state index is -3.39. The van der Waals surface area contributed by atoms with Crippen molar-refractivity contribution in [1.82, 2.24) is 15.0 Å². The lowest BCUT2D eigenvalue weighted by atomic mass is 10.2. The summed E-state index contributed by atoms with van der Waals surface area (Å²) < 4.78 is 26.1. The van der Waals surface area contributed by atoms with Crippen LogP contribution in [0.5, 0.6) is 0 Å². The van der Waals surface area contributed by atoms with E-state index in [1.165, 1.54) is 47.1 Å². The number of anilines is 2. The second-order valence-corrected chi connectivity index (χ2v) is 7.87. The zero-order chi connectivity index (χ0) is 21.2. The Kier molecular flexibility index (Phi) is 5.28. The number of nitro benzene ring substituents is 1. The fraction of sp³-hybridized carbons (Fsp3) is 0.118. The quantitative estimate of drug-likeness (QED) is 0.461. The highest BCUT2D eigenvalue weighted by Crippen LogP contribution is 2.19. The molecule has 3 aromatic rings. The van der Waals surface area contributed by atoms with Gasteiger partial charge in [-0.15, -0.1) is 5.10 Å². The van der Waals surface area contributed by atoms with Crippen molar-refractivity contribution < 1.29 is 18.1 Å². The average Bonchev–Trinajstić information content (AvgIpc) is 3.04. The topological polar surface area (TPSA) is 149 Å². The summed E-state index contributed by atoms with van der Waals surface area (Å²) in [5.74, 6) is -0.525. The van der Waals surface area contributed by atoms with Crippen LogP contribution in [0, 0.1) is 17.0 Å². The van der Waals surface area contributed by atoms with E-state index in [0.29, 0.717) is 22.8 Å². The predicted octanol–water partition coefficient (Wildman–Crippen LogP) is 2.11. The molecular weight excluding hydrogens is 400 g/mol. The normalized spacial score (nSPS) is 11.1. The van der Waals surface area contributed by atoms with Gasteiger partial charge < -0.3 is 5.32 Å². The summed E-state index contributed by atoms with van der Waals surface area (Å²) in [7, 11) is -3.39. The Morgan fingerprint density at radius 2 is 1.79 bits per heavy atom. The van der Waals surface area contributed by atoms with Gasteiger partial charge in [0.15, 0.2) is 5.69 Å². The van der Waals surface area contributed by atoms with Gasteiger partial charge in [-0.3, -0.25) is 19.6 Å². The number of carbonyl (C=O) groups is 1. The molecular formula is C17H16N6O5S. The molecule has 0 atom stereocenters. The highest BCUT2D eigenvalue weighted by atomic mass is 32.2. The summed E-state index contributed by atoms with van der Waals surface area (Å²) in [5.41, 5.74) is 1.54. The molecule has 11 nitrogen and oxygen atoms in total. The predicted molar refractivity (Wildman–Crippen MR) is 106 cm³/mol. The molecule has 12 heteroatoms. The monoisotopic (exact) mass is 416 g/mol. The summed E-state index contributed by atoms with van der Waals surface area (Å²) >= 11 is 0. The van der Waals surface area contributed by atoms with E-state index in [-0.39, 0.29) is 11.4 Å². The maximum Gasteiger partial charge on any atom is 0.278 e. The van der Waals surface area contributed by atoms with Gasteiger partial charge in [-0.2, -0.15) is 0 Å². The van der Waals surface area contributed by atoms with E-state index in [2.05, 4.69) is 20.4 Å². The molecule has 3 rings (SSSR count). The number of nitrogens with one attached hydrogen (secondary N) is 2. The molecule has 0 spiro atoms. The number of nitro groups is 1. The van der Waals surface area contributed by atoms with Crippen molar-refractivity contribution in [2.75, 3.05) is 16.3 Å². The molecule has 0 saturated heterocycles. The number of hydrogen-bond acceptors (Lipinski definition) is 7. The Labute approximate surface area is 165 Å². The van der Waals surface area contributed by atoms with Gasteiger partial charge >= 0.3 is 0 Å². The molecule has 0 unspecified atom stereocenters. The van der Waals surface area contributed by atoms with Gasteiger partial charge in [-0.1, -0.05) is 11.3 Å². The Bertz CT molecular complexity index is 1190. The highest BCUT2D eigenvalue weighted by molar-refractivity contribution is 7.92. The third-order valence-electron chi connectivity index (χ3n) is 3.84. The van der Waals surface area contributed by atoms with Crippen LogP contribution in [-0.2, 0) is 10.0 Å². The van der Waals surface area contributed by atoms with Crippen LogP contribution >= 0.6 is 0 Å². The molecule has 2 N–H and O–H groups in total. The minimum absolute atomic E-state index is 0.0508. The Morgan fingerprint density at radius 1 is 1.14 bits per heavy atom. The fourth-order valence-electron chi connectivity index (χ4n) is 2.55. The Balaban J connectivity index is 1.79. The molecule has 150 valence electrons. The number of hydrogen-bond donors (Lipinski definition) is 2. The van der Waals surface area contributed by atoms with Crippen LogP contribution in [-0.4, -0.2) is 40.5 Å². The lowest BCUT2D eigenvalue weighted by Crippen LogP contribution is -2.14. The van der Waals surface area contributed by atoms with Gasteiger partial charge in [0.05, 0.1) is 22.6 Å². The van der Waals surface area contributed by atoms with Crippen molar-refractivity contribution in [3.63, 3.8) is 0 Å². The number of sulfonamides is 1. The maximum absolute atomic E-state index is 12.5. The number of rotatable bonds is 6. The molecule has 1 heterocycles. The molecule has 2 aromatic carbocycles. The van der Waals surface area contributed by atoms with Crippen LogP contribution in [0.2, 0.25) is 0 Å². The summed E-state index contributed by atoms with van der Waals surface area (Å²) in [5, 5.41) is 21.4. The van der Waals surface area contributed by atoms with Gasteiger partial charge in [-0.05, 0) is 37.3 Å². The van der Waals surface area contributed by atoms with Crippen LogP contribution in [0.25, 0.3) is 5.69 Å². The first-order valence-electron chi connectivity index (χ1n) is 8.20. The van der Waals surface area contributed by atoms with Gasteiger partial charge in [0.25, 0.3) is 11.6 Å². The van der Waals surface area contributed by atoms with E-state index in [0.717, 1.165) is 6.26 Å². The smallest absolute Gasteiger partial charge is 0.278 e. The van der Waals surface area contributed by atoms with Crippen molar-refractivity contribution in [3.05, 3.63) is 70.0 Å². The number of benzene rings is 2. The van der Waals surface area contributed by atoms with E-state index >= 15 is 0 Å². The van der Waals surface area contributed by atoms with Crippen LogP contribution in [0.4, 0.5) is 17.1 Å². The van der Waals surface area contributed by atoms with Crippen LogP contribution < -0.4 is 10.0 Å². The van der Waals surface area contributed by atoms with Gasteiger partial charge in [-0.25, -0.2) is 13.1 Å². The third kappa shape index (κ3) is 4.73. The van der Waals surface area contributed by atoms with E-state index in [4.69, 9.17) is 0 Å². The molecule has 29 heavy (non-hydrogen) atoms. The number of nitrogens with zero attached hydrogens (tertiary/aromatic N) is 4. The molecule has 0 saturated carbocycles. The lowest BCUT2D eigenvalue weighted by Gasteiger charge is -2.07. The largest absolute Gasteiger partial charge is 0.321 e. The Hall–Kier alpha value is -3.80.